The molecule has 0 fully saturated rings. The second-order valence-electron chi connectivity index (χ2n) is 7.92. The Kier molecular flexibility index (Phi) is 5.83. The van der Waals surface area contributed by atoms with Crippen LogP contribution in [0, 0.1) is 27.7 Å². The van der Waals surface area contributed by atoms with Crippen LogP contribution in [0.5, 0.6) is 5.75 Å². The van der Waals surface area contributed by atoms with Crippen LogP contribution in [0.15, 0.2) is 48.7 Å². The molecule has 0 spiro atoms. The molecule has 2 aromatic carbocycles. The van der Waals surface area contributed by atoms with E-state index in [2.05, 4.69) is 48.1 Å². The van der Waals surface area contributed by atoms with Gasteiger partial charge in [0, 0.05) is 39.1 Å². The van der Waals surface area contributed by atoms with Gasteiger partial charge in [-0.3, -0.25) is 4.98 Å². The number of aromatic amines is 1. The molecule has 0 unspecified atom stereocenters. The quantitative estimate of drug-likeness (QED) is 0.338. The molecule has 0 aliphatic carbocycles. The number of hydrogen-bond donors (Lipinski definition) is 1. The summed E-state index contributed by atoms with van der Waals surface area (Å²) in [6.07, 6.45) is 3.76. The molecule has 4 rings (SSSR count). The number of fused-ring (bicyclic) bond motifs is 1. The predicted octanol–water partition coefficient (Wildman–Crippen LogP) is 7.13. The number of hydrogen-bond acceptors (Lipinski definition) is 2. The Hall–Kier alpha value is -2.78. The number of ether oxygens (including phenoxy) is 1. The fourth-order valence-electron chi connectivity index (χ4n) is 4.15. The molecular formula is C26H27ClN2O. The molecule has 30 heavy (non-hydrogen) atoms. The largest absolute Gasteiger partial charge is 0.494 e. The maximum absolute atomic E-state index is 6.26. The Bertz CT molecular complexity index is 1190. The molecule has 2 aromatic heterocycles. The SMILES string of the molecule is Cc1cc(OCCCc2c(C)[nH]c3c(-c4cccnc4C)cccc23)cc(C)c1Cl. The third kappa shape index (κ3) is 3.95. The lowest BCUT2D eigenvalue weighted by atomic mass is 9.99. The first-order chi connectivity index (χ1) is 14.5. The smallest absolute Gasteiger partial charge is 0.119 e. The molecule has 3 nitrogen and oxygen atoms in total. The highest BCUT2D eigenvalue weighted by Gasteiger charge is 2.14. The van der Waals surface area contributed by atoms with E-state index in [1.54, 1.807) is 0 Å². The molecule has 0 aliphatic heterocycles. The van der Waals surface area contributed by atoms with Crippen LogP contribution < -0.4 is 4.74 Å². The fraction of sp³-hybridized carbons (Fsp3) is 0.269. The van der Waals surface area contributed by atoms with Gasteiger partial charge in [0.2, 0.25) is 0 Å². The number of nitrogens with zero attached hydrogens (tertiary/aromatic N) is 1. The number of aryl methyl sites for hydroxylation is 5. The zero-order valence-corrected chi connectivity index (χ0v) is 18.7. The lowest BCUT2D eigenvalue weighted by molar-refractivity contribution is 0.310. The summed E-state index contributed by atoms with van der Waals surface area (Å²) in [6.45, 7) is 8.91. The lowest BCUT2D eigenvalue weighted by Gasteiger charge is -2.10. The van der Waals surface area contributed by atoms with Crippen molar-refractivity contribution >= 4 is 22.5 Å². The molecule has 0 amide bonds. The van der Waals surface area contributed by atoms with Crippen molar-refractivity contribution in [1.29, 1.82) is 0 Å². The molecule has 0 aliphatic rings. The second-order valence-corrected chi connectivity index (χ2v) is 8.29. The molecular weight excluding hydrogens is 392 g/mol. The normalized spacial score (nSPS) is 11.2. The first-order valence-electron chi connectivity index (χ1n) is 10.4. The van der Waals surface area contributed by atoms with Crippen LogP contribution in [0.4, 0.5) is 0 Å². The standard InChI is InChI=1S/C26H27ClN2O/c1-16-14-20(15-17(2)25(16)27)30-13-7-11-22-19(4)29-26-23(8-5-9-24(22)26)21-10-6-12-28-18(21)3/h5-6,8-10,12,14-15,29H,7,11,13H2,1-4H3. The summed E-state index contributed by atoms with van der Waals surface area (Å²) < 4.78 is 6.00. The van der Waals surface area contributed by atoms with Crippen LogP contribution in [0.2, 0.25) is 5.02 Å². The van der Waals surface area contributed by atoms with Crippen molar-refractivity contribution in [3.63, 3.8) is 0 Å². The number of pyridine rings is 1. The van der Waals surface area contributed by atoms with E-state index in [9.17, 15) is 0 Å². The predicted molar refractivity (Wildman–Crippen MR) is 126 cm³/mol. The Morgan fingerprint density at radius 2 is 1.70 bits per heavy atom. The van der Waals surface area contributed by atoms with E-state index in [0.29, 0.717) is 6.61 Å². The van der Waals surface area contributed by atoms with Gasteiger partial charge in [0.15, 0.2) is 0 Å². The van der Waals surface area contributed by atoms with Crippen LogP contribution in [-0.2, 0) is 6.42 Å². The van der Waals surface area contributed by atoms with Gasteiger partial charge in [0.1, 0.15) is 5.75 Å². The second kappa shape index (κ2) is 8.53. The van der Waals surface area contributed by atoms with Crippen LogP contribution in [0.25, 0.3) is 22.0 Å². The molecule has 4 aromatic rings. The molecule has 154 valence electrons. The van der Waals surface area contributed by atoms with E-state index in [1.807, 2.05) is 38.2 Å². The number of para-hydroxylation sites is 1. The molecule has 2 heterocycles. The van der Waals surface area contributed by atoms with Crippen molar-refractivity contribution in [1.82, 2.24) is 9.97 Å². The molecule has 1 N–H and O–H groups in total. The molecule has 0 saturated heterocycles. The number of halogens is 1. The highest BCUT2D eigenvalue weighted by molar-refractivity contribution is 6.32. The highest BCUT2D eigenvalue weighted by Crippen LogP contribution is 2.33. The van der Waals surface area contributed by atoms with Crippen molar-refractivity contribution in [2.45, 2.75) is 40.5 Å². The van der Waals surface area contributed by atoms with Gasteiger partial charge in [-0.05, 0) is 75.4 Å². The summed E-state index contributed by atoms with van der Waals surface area (Å²) in [7, 11) is 0. The maximum atomic E-state index is 6.26. The highest BCUT2D eigenvalue weighted by atomic mass is 35.5. The van der Waals surface area contributed by atoms with E-state index in [-0.39, 0.29) is 0 Å². The topological polar surface area (TPSA) is 37.9 Å². The average molecular weight is 419 g/mol. The number of benzene rings is 2. The molecule has 0 bridgehead atoms. The van der Waals surface area contributed by atoms with E-state index >= 15 is 0 Å². The van der Waals surface area contributed by atoms with Crippen LogP contribution in [0.3, 0.4) is 0 Å². The minimum Gasteiger partial charge on any atom is -0.494 e. The molecule has 0 atom stereocenters. The van der Waals surface area contributed by atoms with E-state index in [0.717, 1.165) is 40.4 Å². The van der Waals surface area contributed by atoms with Crippen molar-refractivity contribution in [2.75, 3.05) is 6.61 Å². The number of H-pyrrole nitrogens is 1. The number of rotatable bonds is 6. The van der Waals surface area contributed by atoms with Crippen LogP contribution in [-0.4, -0.2) is 16.6 Å². The van der Waals surface area contributed by atoms with Gasteiger partial charge in [0.25, 0.3) is 0 Å². The molecule has 4 heteroatoms. The van der Waals surface area contributed by atoms with Crippen molar-refractivity contribution < 1.29 is 4.74 Å². The summed E-state index contributed by atoms with van der Waals surface area (Å²) in [5.41, 5.74) is 9.29. The van der Waals surface area contributed by atoms with Crippen molar-refractivity contribution in [3.8, 4) is 16.9 Å². The summed E-state index contributed by atoms with van der Waals surface area (Å²) in [4.78, 5) is 8.08. The van der Waals surface area contributed by atoms with Crippen LogP contribution >= 0.6 is 11.6 Å². The Morgan fingerprint density at radius 3 is 2.43 bits per heavy atom. The molecule has 0 saturated carbocycles. The minimum absolute atomic E-state index is 0.675. The summed E-state index contributed by atoms with van der Waals surface area (Å²) in [6, 6.07) is 14.7. The van der Waals surface area contributed by atoms with Crippen LogP contribution in [0.1, 0.15) is 34.5 Å². The van der Waals surface area contributed by atoms with Crippen molar-refractivity contribution in [3.05, 3.63) is 81.8 Å². The Balaban J connectivity index is 1.52. The summed E-state index contributed by atoms with van der Waals surface area (Å²) in [5.74, 6) is 0.888. The third-order valence-corrected chi connectivity index (χ3v) is 6.30. The number of aromatic nitrogens is 2. The average Bonchev–Trinajstić information content (AvgIpc) is 3.05. The zero-order chi connectivity index (χ0) is 21.3. The summed E-state index contributed by atoms with van der Waals surface area (Å²) in [5, 5.41) is 2.10. The summed E-state index contributed by atoms with van der Waals surface area (Å²) >= 11 is 6.26. The van der Waals surface area contributed by atoms with Gasteiger partial charge >= 0.3 is 0 Å². The number of nitrogens with one attached hydrogen (secondary N) is 1. The van der Waals surface area contributed by atoms with Gasteiger partial charge in [-0.2, -0.15) is 0 Å². The van der Waals surface area contributed by atoms with Gasteiger partial charge in [-0.25, -0.2) is 0 Å². The Morgan fingerprint density at radius 1 is 0.967 bits per heavy atom. The van der Waals surface area contributed by atoms with E-state index in [4.69, 9.17) is 16.3 Å². The van der Waals surface area contributed by atoms with E-state index < -0.39 is 0 Å². The first-order valence-corrected chi connectivity index (χ1v) is 10.7. The fourth-order valence-corrected chi connectivity index (χ4v) is 4.26. The maximum Gasteiger partial charge on any atom is 0.119 e. The lowest BCUT2D eigenvalue weighted by Crippen LogP contribution is -2.00. The minimum atomic E-state index is 0.675. The van der Waals surface area contributed by atoms with Gasteiger partial charge in [-0.1, -0.05) is 35.9 Å². The first kappa shape index (κ1) is 20.5. The molecule has 0 radical (unpaired) electrons. The van der Waals surface area contributed by atoms with Gasteiger partial charge in [0.05, 0.1) is 12.1 Å². The zero-order valence-electron chi connectivity index (χ0n) is 18.0. The van der Waals surface area contributed by atoms with E-state index in [1.165, 1.54) is 33.3 Å². The monoisotopic (exact) mass is 418 g/mol. The van der Waals surface area contributed by atoms with Gasteiger partial charge < -0.3 is 9.72 Å². The van der Waals surface area contributed by atoms with Crippen molar-refractivity contribution in [2.24, 2.45) is 0 Å². The Labute approximate surface area is 183 Å². The van der Waals surface area contributed by atoms with Gasteiger partial charge in [-0.15, -0.1) is 0 Å². The third-order valence-electron chi connectivity index (χ3n) is 5.70.